The maximum Gasteiger partial charge on any atom is 0.277 e. The molecule has 0 fully saturated rings. The van der Waals surface area contributed by atoms with Crippen molar-refractivity contribution in [2.45, 2.75) is 26.0 Å². The number of benzene rings is 2. The highest BCUT2D eigenvalue weighted by atomic mass is 32.2. The third-order valence-electron chi connectivity index (χ3n) is 5.39. The van der Waals surface area contributed by atoms with E-state index in [4.69, 9.17) is 4.42 Å². The average Bonchev–Trinajstić information content (AvgIpc) is 3.52. The molecule has 5 aromatic rings. The number of aryl methyl sites for hydroxylation is 2. The minimum absolute atomic E-state index is 0.143. The lowest BCUT2D eigenvalue weighted by molar-refractivity contribution is -0.113. The molecule has 0 bridgehead atoms. The third-order valence-corrected chi connectivity index (χ3v) is 6.21. The fraction of sp³-hybridized carbons (Fsp3) is 0.167. The number of nitrogens with zero attached hydrogens (tertiary/aromatic N) is 4. The number of thioether (sulfide) groups is 1. The molecule has 0 atom stereocenters. The molecule has 2 aromatic carbocycles. The molecule has 0 saturated heterocycles. The van der Waals surface area contributed by atoms with E-state index in [0.29, 0.717) is 16.8 Å². The van der Waals surface area contributed by atoms with E-state index >= 15 is 0 Å². The molecule has 0 spiro atoms. The monoisotopic (exact) mass is 458 g/mol. The van der Waals surface area contributed by atoms with Gasteiger partial charge in [0.25, 0.3) is 11.1 Å². The maximum atomic E-state index is 12.6. The molecule has 3 heterocycles. The number of aromatic amines is 1. The molecule has 0 saturated carbocycles. The number of para-hydroxylation sites is 1. The van der Waals surface area contributed by atoms with Crippen LogP contribution in [-0.2, 0) is 4.79 Å². The van der Waals surface area contributed by atoms with Gasteiger partial charge in [-0.2, -0.15) is 5.10 Å². The van der Waals surface area contributed by atoms with Gasteiger partial charge < -0.3 is 14.7 Å². The predicted molar refractivity (Wildman–Crippen MR) is 129 cm³/mol. The van der Waals surface area contributed by atoms with E-state index in [2.05, 4.69) is 25.6 Å². The smallest absolute Gasteiger partial charge is 0.277 e. The van der Waals surface area contributed by atoms with Crippen LogP contribution in [0, 0.1) is 20.8 Å². The van der Waals surface area contributed by atoms with Gasteiger partial charge in [-0.1, -0.05) is 47.7 Å². The summed E-state index contributed by atoms with van der Waals surface area (Å²) >= 11 is 1.20. The van der Waals surface area contributed by atoms with Gasteiger partial charge in [0.2, 0.25) is 5.91 Å². The first-order valence-electron chi connectivity index (χ1n) is 10.5. The van der Waals surface area contributed by atoms with E-state index in [1.807, 2.05) is 80.2 Å². The Labute approximate surface area is 194 Å². The average molecular weight is 459 g/mol. The van der Waals surface area contributed by atoms with Crippen LogP contribution in [0.5, 0.6) is 0 Å². The maximum absolute atomic E-state index is 12.6. The number of amides is 1. The molecule has 33 heavy (non-hydrogen) atoms. The van der Waals surface area contributed by atoms with Gasteiger partial charge in [-0.05, 0) is 39.0 Å². The normalized spacial score (nSPS) is 11.2. The minimum atomic E-state index is -0.165. The van der Waals surface area contributed by atoms with Gasteiger partial charge in [0.15, 0.2) is 0 Å². The predicted octanol–water partition coefficient (Wildman–Crippen LogP) is 5.06. The molecule has 0 aliphatic heterocycles. The number of rotatable bonds is 6. The molecule has 8 nitrogen and oxygen atoms in total. The lowest BCUT2D eigenvalue weighted by Crippen LogP contribution is -2.15. The molecule has 5 rings (SSSR count). The molecular weight excluding hydrogens is 436 g/mol. The Morgan fingerprint density at radius 3 is 2.70 bits per heavy atom. The van der Waals surface area contributed by atoms with Crippen LogP contribution in [0.1, 0.15) is 17.0 Å². The number of carbonyl (C=O) groups excluding carboxylic acids is 1. The fourth-order valence-electron chi connectivity index (χ4n) is 3.69. The number of hydrogen-bond acceptors (Lipinski definition) is 6. The van der Waals surface area contributed by atoms with Crippen molar-refractivity contribution >= 4 is 34.3 Å². The molecule has 2 N–H and O–H groups in total. The van der Waals surface area contributed by atoms with Crippen LogP contribution in [0.15, 0.2) is 64.4 Å². The zero-order chi connectivity index (χ0) is 22.9. The Bertz CT molecular complexity index is 1450. The topological polar surface area (TPSA) is 102 Å². The summed E-state index contributed by atoms with van der Waals surface area (Å²) in [6, 6.07) is 16.0. The molecule has 0 unspecified atom stereocenters. The number of nitrogens with one attached hydrogen (secondary N) is 2. The molecule has 9 heteroatoms. The zero-order valence-corrected chi connectivity index (χ0v) is 19.2. The molecular formula is C24H22N6O2S. The molecule has 0 radical (unpaired) electrons. The summed E-state index contributed by atoms with van der Waals surface area (Å²) in [5, 5.41) is 17.1. The molecule has 1 amide bonds. The van der Waals surface area contributed by atoms with E-state index < -0.39 is 0 Å². The van der Waals surface area contributed by atoms with Crippen LogP contribution in [-0.4, -0.2) is 36.6 Å². The van der Waals surface area contributed by atoms with Crippen molar-refractivity contribution in [3.05, 3.63) is 71.7 Å². The summed E-state index contributed by atoms with van der Waals surface area (Å²) in [7, 11) is 0. The summed E-state index contributed by atoms with van der Waals surface area (Å²) in [6.45, 7) is 5.86. The standard InChI is InChI=1S/C24H22N6O2S/c1-14-8-10-17(11-9-14)30-16(3)22(15(2)29-30)26-21(31)13-33-24-28-27-23(32-24)19-12-25-20-7-5-4-6-18(19)20/h4-12,25H,13H2,1-3H3,(H,26,31). The van der Waals surface area contributed by atoms with Crippen molar-refractivity contribution in [1.82, 2.24) is 25.0 Å². The van der Waals surface area contributed by atoms with E-state index in [1.165, 1.54) is 17.3 Å². The van der Waals surface area contributed by atoms with Gasteiger partial charge in [-0.25, -0.2) is 4.68 Å². The highest BCUT2D eigenvalue weighted by Crippen LogP contribution is 2.30. The van der Waals surface area contributed by atoms with E-state index in [1.54, 1.807) is 0 Å². The lowest BCUT2D eigenvalue weighted by Gasteiger charge is -2.07. The van der Waals surface area contributed by atoms with Crippen LogP contribution in [0.4, 0.5) is 5.69 Å². The fourth-order valence-corrected chi connectivity index (χ4v) is 4.25. The van der Waals surface area contributed by atoms with Gasteiger partial charge in [0, 0.05) is 17.1 Å². The number of fused-ring (bicyclic) bond motifs is 1. The SMILES string of the molecule is Cc1ccc(-n2nc(C)c(NC(=O)CSc3nnc(-c4c[nH]c5ccccc45)o3)c2C)cc1. The second-order valence-corrected chi connectivity index (χ2v) is 8.68. The van der Waals surface area contributed by atoms with Crippen LogP contribution in [0.25, 0.3) is 28.0 Å². The van der Waals surface area contributed by atoms with Crippen molar-refractivity contribution in [2.75, 3.05) is 11.1 Å². The van der Waals surface area contributed by atoms with Crippen LogP contribution in [0.3, 0.4) is 0 Å². The van der Waals surface area contributed by atoms with E-state index in [-0.39, 0.29) is 11.7 Å². The van der Waals surface area contributed by atoms with E-state index in [0.717, 1.165) is 33.5 Å². The highest BCUT2D eigenvalue weighted by Gasteiger charge is 2.17. The largest absolute Gasteiger partial charge is 0.411 e. The van der Waals surface area contributed by atoms with Crippen molar-refractivity contribution in [3.63, 3.8) is 0 Å². The van der Waals surface area contributed by atoms with Gasteiger partial charge in [0.05, 0.1) is 34.1 Å². The number of aromatic nitrogens is 5. The Kier molecular flexibility index (Phi) is 5.47. The lowest BCUT2D eigenvalue weighted by atomic mass is 10.2. The van der Waals surface area contributed by atoms with E-state index in [9.17, 15) is 4.79 Å². The van der Waals surface area contributed by atoms with Crippen LogP contribution >= 0.6 is 11.8 Å². The molecule has 0 aliphatic rings. The molecule has 0 aliphatic carbocycles. The first kappa shape index (κ1) is 21.0. The number of hydrogen-bond donors (Lipinski definition) is 2. The van der Waals surface area contributed by atoms with Gasteiger partial charge in [-0.15, -0.1) is 10.2 Å². The van der Waals surface area contributed by atoms with Crippen molar-refractivity contribution in [1.29, 1.82) is 0 Å². The first-order chi connectivity index (χ1) is 16.0. The van der Waals surface area contributed by atoms with Crippen LogP contribution < -0.4 is 5.32 Å². The quantitative estimate of drug-likeness (QED) is 0.345. The Balaban J connectivity index is 1.26. The van der Waals surface area contributed by atoms with Gasteiger partial charge >= 0.3 is 0 Å². The Morgan fingerprint density at radius 1 is 1.09 bits per heavy atom. The van der Waals surface area contributed by atoms with Crippen molar-refractivity contribution in [3.8, 4) is 17.1 Å². The number of H-pyrrole nitrogens is 1. The number of anilines is 1. The highest BCUT2D eigenvalue weighted by molar-refractivity contribution is 7.99. The van der Waals surface area contributed by atoms with Crippen molar-refractivity contribution in [2.24, 2.45) is 0 Å². The van der Waals surface area contributed by atoms with Crippen molar-refractivity contribution < 1.29 is 9.21 Å². The molecule has 3 aromatic heterocycles. The Morgan fingerprint density at radius 2 is 1.88 bits per heavy atom. The van der Waals surface area contributed by atoms with Crippen LogP contribution in [0.2, 0.25) is 0 Å². The second kappa shape index (κ2) is 8.59. The molecule has 166 valence electrons. The third kappa shape index (κ3) is 4.14. The number of carbonyl (C=O) groups is 1. The van der Waals surface area contributed by atoms with Gasteiger partial charge in [-0.3, -0.25) is 4.79 Å². The second-order valence-electron chi connectivity index (χ2n) is 7.75. The summed E-state index contributed by atoms with van der Waals surface area (Å²) in [6.07, 6.45) is 1.84. The Hall–Kier alpha value is -3.85. The summed E-state index contributed by atoms with van der Waals surface area (Å²) in [5.41, 5.74) is 6.30. The summed E-state index contributed by atoms with van der Waals surface area (Å²) in [4.78, 5) is 15.8. The summed E-state index contributed by atoms with van der Waals surface area (Å²) in [5.74, 6) is 0.396. The first-order valence-corrected chi connectivity index (χ1v) is 11.4. The van der Waals surface area contributed by atoms with Gasteiger partial charge in [0.1, 0.15) is 0 Å². The summed E-state index contributed by atoms with van der Waals surface area (Å²) < 4.78 is 7.62. The zero-order valence-electron chi connectivity index (χ0n) is 18.4. The minimum Gasteiger partial charge on any atom is -0.411 e.